The van der Waals surface area contributed by atoms with Crippen LogP contribution in [0.5, 0.6) is 5.75 Å². The minimum Gasteiger partial charge on any atom is -0.508 e. The highest BCUT2D eigenvalue weighted by molar-refractivity contribution is 5.66. The maximum atomic E-state index is 9.68. The van der Waals surface area contributed by atoms with Crippen LogP contribution in [-0.2, 0) is 6.61 Å². The molecule has 1 heterocycles. The molecule has 0 aliphatic carbocycles. The second-order valence-electron chi connectivity index (χ2n) is 6.40. The van der Waals surface area contributed by atoms with E-state index in [2.05, 4.69) is 36.1 Å². The van der Waals surface area contributed by atoms with Crippen LogP contribution < -0.4 is 0 Å². The highest BCUT2D eigenvalue weighted by Gasteiger charge is 2.18. The van der Waals surface area contributed by atoms with E-state index in [1.54, 1.807) is 6.07 Å². The third kappa shape index (κ3) is 3.57. The van der Waals surface area contributed by atoms with Crippen LogP contribution in [0.25, 0.3) is 11.1 Å². The van der Waals surface area contributed by atoms with Crippen LogP contribution in [0.3, 0.4) is 0 Å². The predicted octanol–water partition coefficient (Wildman–Crippen LogP) is 4.10. The zero-order chi connectivity index (χ0) is 16.2. The van der Waals surface area contributed by atoms with Crippen molar-refractivity contribution in [1.82, 2.24) is 4.90 Å². The van der Waals surface area contributed by atoms with Crippen molar-refractivity contribution in [3.8, 4) is 16.9 Å². The summed E-state index contributed by atoms with van der Waals surface area (Å²) in [6.45, 7) is 4.52. The number of benzene rings is 2. The minimum absolute atomic E-state index is 0.145. The first-order valence-corrected chi connectivity index (χ1v) is 8.46. The molecule has 2 N–H and O–H groups in total. The molecule has 1 unspecified atom stereocenters. The molecule has 0 radical (unpaired) electrons. The van der Waals surface area contributed by atoms with Crippen molar-refractivity contribution >= 4 is 0 Å². The molecule has 0 saturated carbocycles. The van der Waals surface area contributed by atoms with Crippen molar-refractivity contribution in [2.45, 2.75) is 38.8 Å². The monoisotopic (exact) mass is 311 g/mol. The Hall–Kier alpha value is -1.84. The van der Waals surface area contributed by atoms with Gasteiger partial charge in [-0.15, -0.1) is 0 Å². The van der Waals surface area contributed by atoms with Gasteiger partial charge in [-0.3, -0.25) is 4.90 Å². The van der Waals surface area contributed by atoms with Crippen molar-refractivity contribution in [2.24, 2.45) is 0 Å². The summed E-state index contributed by atoms with van der Waals surface area (Å²) in [6.07, 6.45) is 3.97. The summed E-state index contributed by atoms with van der Waals surface area (Å²) >= 11 is 0. The molecule has 1 atom stereocenters. The molecule has 122 valence electrons. The van der Waals surface area contributed by atoms with Crippen molar-refractivity contribution in [1.29, 1.82) is 0 Å². The number of hydrogen-bond acceptors (Lipinski definition) is 3. The smallest absolute Gasteiger partial charge is 0.121 e. The van der Waals surface area contributed by atoms with E-state index in [1.807, 2.05) is 12.1 Å². The molecule has 3 nitrogen and oxygen atoms in total. The van der Waals surface area contributed by atoms with Crippen LogP contribution >= 0.6 is 0 Å². The van der Waals surface area contributed by atoms with Crippen molar-refractivity contribution in [2.75, 3.05) is 13.1 Å². The third-order valence-corrected chi connectivity index (χ3v) is 4.91. The maximum absolute atomic E-state index is 9.68. The van der Waals surface area contributed by atoms with Gasteiger partial charge in [0.15, 0.2) is 0 Å². The number of aliphatic hydroxyl groups excluding tert-OH is 1. The van der Waals surface area contributed by atoms with E-state index in [1.165, 1.54) is 37.9 Å². The maximum Gasteiger partial charge on any atom is 0.121 e. The van der Waals surface area contributed by atoms with E-state index < -0.39 is 0 Å². The standard InChI is InChI=1S/C20H25NO2/c1-15(21-11-3-2-4-12-21)16-5-7-17(8-6-16)18-9-10-20(23)19(13-18)14-22/h5-10,13,15,22-23H,2-4,11-12,14H2,1H3. The largest absolute Gasteiger partial charge is 0.508 e. The van der Waals surface area contributed by atoms with Gasteiger partial charge < -0.3 is 10.2 Å². The lowest BCUT2D eigenvalue weighted by molar-refractivity contribution is 0.175. The number of rotatable bonds is 4. The van der Waals surface area contributed by atoms with E-state index in [9.17, 15) is 10.2 Å². The van der Waals surface area contributed by atoms with Gasteiger partial charge in [0.2, 0.25) is 0 Å². The molecular formula is C20H25NO2. The zero-order valence-electron chi connectivity index (χ0n) is 13.7. The number of hydrogen-bond donors (Lipinski definition) is 2. The predicted molar refractivity (Wildman–Crippen MR) is 93.3 cm³/mol. The summed E-state index contributed by atoms with van der Waals surface area (Å²) in [6, 6.07) is 14.5. The molecule has 0 amide bonds. The van der Waals surface area contributed by atoms with Gasteiger partial charge in [0.1, 0.15) is 5.75 Å². The summed E-state index contributed by atoms with van der Waals surface area (Å²) in [4.78, 5) is 2.56. The summed E-state index contributed by atoms with van der Waals surface area (Å²) in [5.74, 6) is 0.145. The molecule has 0 aromatic heterocycles. The van der Waals surface area contributed by atoms with Gasteiger partial charge in [0.05, 0.1) is 6.61 Å². The Kier molecular flexibility index (Phi) is 4.99. The average molecular weight is 311 g/mol. The van der Waals surface area contributed by atoms with E-state index in [0.717, 1.165) is 11.1 Å². The number of piperidine rings is 1. The second kappa shape index (κ2) is 7.16. The second-order valence-corrected chi connectivity index (χ2v) is 6.40. The Morgan fingerprint density at radius 2 is 1.61 bits per heavy atom. The van der Waals surface area contributed by atoms with Gasteiger partial charge in [-0.2, -0.15) is 0 Å². The molecule has 2 aromatic rings. The zero-order valence-corrected chi connectivity index (χ0v) is 13.7. The molecular weight excluding hydrogens is 286 g/mol. The van der Waals surface area contributed by atoms with E-state index >= 15 is 0 Å². The summed E-state index contributed by atoms with van der Waals surface area (Å²) in [7, 11) is 0. The quantitative estimate of drug-likeness (QED) is 0.893. The first-order valence-electron chi connectivity index (χ1n) is 8.46. The van der Waals surface area contributed by atoms with Gasteiger partial charge in [-0.25, -0.2) is 0 Å². The first kappa shape index (κ1) is 16.0. The first-order chi connectivity index (χ1) is 11.2. The van der Waals surface area contributed by atoms with Crippen molar-refractivity contribution in [3.63, 3.8) is 0 Å². The van der Waals surface area contributed by atoms with Crippen LogP contribution in [0.2, 0.25) is 0 Å². The fourth-order valence-electron chi connectivity index (χ4n) is 3.36. The summed E-state index contributed by atoms with van der Waals surface area (Å²) in [5, 5.41) is 19.0. The normalized spacial score (nSPS) is 17.1. The Morgan fingerprint density at radius 1 is 0.957 bits per heavy atom. The molecule has 23 heavy (non-hydrogen) atoms. The number of phenols is 1. The number of aromatic hydroxyl groups is 1. The molecule has 1 saturated heterocycles. The summed E-state index contributed by atoms with van der Waals surface area (Å²) < 4.78 is 0. The number of likely N-dealkylation sites (tertiary alicyclic amines) is 1. The molecule has 3 rings (SSSR count). The minimum atomic E-state index is -0.149. The Bertz CT molecular complexity index is 645. The highest BCUT2D eigenvalue weighted by atomic mass is 16.3. The van der Waals surface area contributed by atoms with Gasteiger partial charge in [-0.1, -0.05) is 36.8 Å². The fourth-order valence-corrected chi connectivity index (χ4v) is 3.36. The van der Waals surface area contributed by atoms with Crippen LogP contribution in [-0.4, -0.2) is 28.2 Å². The molecule has 1 aliphatic rings. The van der Waals surface area contributed by atoms with E-state index in [-0.39, 0.29) is 12.4 Å². The van der Waals surface area contributed by atoms with Gasteiger partial charge in [-0.05, 0) is 61.7 Å². The molecule has 3 heteroatoms. The highest BCUT2D eigenvalue weighted by Crippen LogP contribution is 2.29. The molecule has 1 fully saturated rings. The van der Waals surface area contributed by atoms with E-state index in [0.29, 0.717) is 11.6 Å². The van der Waals surface area contributed by atoms with Crippen LogP contribution in [0, 0.1) is 0 Å². The van der Waals surface area contributed by atoms with E-state index in [4.69, 9.17) is 0 Å². The lowest BCUT2D eigenvalue weighted by Crippen LogP contribution is -2.32. The van der Waals surface area contributed by atoms with Crippen LogP contribution in [0.15, 0.2) is 42.5 Å². The molecule has 0 spiro atoms. The van der Waals surface area contributed by atoms with Gasteiger partial charge >= 0.3 is 0 Å². The topological polar surface area (TPSA) is 43.7 Å². The molecule has 1 aliphatic heterocycles. The van der Waals surface area contributed by atoms with Crippen molar-refractivity contribution < 1.29 is 10.2 Å². The molecule has 2 aromatic carbocycles. The Balaban J connectivity index is 1.78. The van der Waals surface area contributed by atoms with Crippen LogP contribution in [0.1, 0.15) is 43.4 Å². The van der Waals surface area contributed by atoms with Crippen LogP contribution in [0.4, 0.5) is 0 Å². The average Bonchev–Trinajstić information content (AvgIpc) is 2.62. The lowest BCUT2D eigenvalue weighted by atomic mass is 9.98. The SMILES string of the molecule is CC(c1ccc(-c2ccc(O)c(CO)c2)cc1)N1CCCCC1. The lowest BCUT2D eigenvalue weighted by Gasteiger charge is -2.32. The summed E-state index contributed by atoms with van der Waals surface area (Å²) in [5.41, 5.74) is 4.03. The van der Waals surface area contributed by atoms with Gasteiger partial charge in [0, 0.05) is 11.6 Å². The number of nitrogens with zero attached hydrogens (tertiary/aromatic N) is 1. The van der Waals surface area contributed by atoms with Crippen molar-refractivity contribution in [3.05, 3.63) is 53.6 Å². The number of aliphatic hydroxyl groups is 1. The van der Waals surface area contributed by atoms with Gasteiger partial charge in [0.25, 0.3) is 0 Å². The Labute approximate surface area is 138 Å². The third-order valence-electron chi connectivity index (χ3n) is 4.91. The fraction of sp³-hybridized carbons (Fsp3) is 0.400. The molecule has 0 bridgehead atoms. The Morgan fingerprint density at radius 3 is 2.26 bits per heavy atom.